The van der Waals surface area contributed by atoms with Crippen LogP contribution in [0, 0.1) is 11.3 Å². The third-order valence-electron chi connectivity index (χ3n) is 6.70. The minimum atomic E-state index is -4.76. The second kappa shape index (κ2) is 11.3. The number of imidazole rings is 1. The van der Waals surface area contributed by atoms with Crippen LogP contribution in [0.3, 0.4) is 0 Å². The molecule has 0 spiro atoms. The highest BCUT2D eigenvalue weighted by Gasteiger charge is 2.38. The van der Waals surface area contributed by atoms with E-state index in [9.17, 15) is 22.8 Å². The Hall–Kier alpha value is -4.68. The Morgan fingerprint density at radius 1 is 1.31 bits per heavy atom. The minimum Gasteiger partial charge on any atom is -0.340 e. The van der Waals surface area contributed by atoms with Gasteiger partial charge in [0.2, 0.25) is 5.91 Å². The lowest BCUT2D eigenvalue weighted by Gasteiger charge is -2.21. The Morgan fingerprint density at radius 3 is 2.76 bits per heavy atom. The predicted octanol–water partition coefficient (Wildman–Crippen LogP) is 3.21. The van der Waals surface area contributed by atoms with Crippen molar-refractivity contribution in [1.29, 1.82) is 5.26 Å². The molecule has 218 valence electrons. The maximum Gasteiger partial charge on any atom is 0.435 e. The van der Waals surface area contributed by atoms with Crippen molar-refractivity contribution in [3.8, 4) is 17.3 Å². The lowest BCUT2D eigenvalue weighted by molar-refractivity contribution is -0.141. The summed E-state index contributed by atoms with van der Waals surface area (Å²) in [5, 5.41) is 18.2. The summed E-state index contributed by atoms with van der Waals surface area (Å²) in [5.74, 6) is -0.562. The lowest BCUT2D eigenvalue weighted by Crippen LogP contribution is -2.46. The van der Waals surface area contributed by atoms with Crippen LogP contribution in [0.5, 0.6) is 0 Å². The average molecular weight is 601 g/mol. The van der Waals surface area contributed by atoms with E-state index in [4.69, 9.17) is 22.6 Å². The van der Waals surface area contributed by atoms with Gasteiger partial charge in [0.15, 0.2) is 17.2 Å². The number of benzene rings is 1. The van der Waals surface area contributed by atoms with Crippen LogP contribution in [-0.4, -0.2) is 66.0 Å². The van der Waals surface area contributed by atoms with Crippen LogP contribution in [0.15, 0.2) is 43.0 Å². The van der Waals surface area contributed by atoms with Gasteiger partial charge < -0.3 is 21.3 Å². The number of alkyl halides is 3. The number of nitrogens with zero attached hydrogens (tertiary/aromatic N) is 7. The van der Waals surface area contributed by atoms with E-state index in [1.54, 1.807) is 24.0 Å². The molecule has 4 N–H and O–H groups in total. The summed E-state index contributed by atoms with van der Waals surface area (Å²) >= 11 is 6.40. The molecule has 16 heteroatoms. The minimum absolute atomic E-state index is 0.0777. The van der Waals surface area contributed by atoms with E-state index < -0.39 is 23.8 Å². The summed E-state index contributed by atoms with van der Waals surface area (Å²) in [6.45, 7) is 2.21. The zero-order valence-electron chi connectivity index (χ0n) is 22.1. The molecule has 1 aromatic carbocycles. The molecule has 0 bridgehead atoms. The quantitative estimate of drug-likeness (QED) is 0.292. The maximum absolute atomic E-state index is 13.7. The van der Waals surface area contributed by atoms with Gasteiger partial charge in [0.1, 0.15) is 12.6 Å². The van der Waals surface area contributed by atoms with Gasteiger partial charge in [-0.15, -0.1) is 0 Å². The molecule has 1 aliphatic heterocycles. The van der Waals surface area contributed by atoms with Gasteiger partial charge in [-0.2, -0.15) is 23.5 Å². The van der Waals surface area contributed by atoms with E-state index >= 15 is 0 Å². The van der Waals surface area contributed by atoms with Gasteiger partial charge in [-0.3, -0.25) is 18.7 Å². The van der Waals surface area contributed by atoms with Crippen LogP contribution in [0.2, 0.25) is 5.02 Å². The predicted molar refractivity (Wildman–Crippen MR) is 146 cm³/mol. The topological polar surface area (TPSA) is 159 Å². The third kappa shape index (κ3) is 5.71. The van der Waals surface area contributed by atoms with Crippen LogP contribution in [0.1, 0.15) is 29.4 Å². The van der Waals surface area contributed by atoms with Crippen molar-refractivity contribution in [2.24, 2.45) is 5.73 Å². The molecule has 0 radical (unpaired) electrons. The van der Waals surface area contributed by atoms with E-state index in [-0.39, 0.29) is 51.8 Å². The second-order valence-electron chi connectivity index (χ2n) is 9.71. The van der Waals surface area contributed by atoms with Gasteiger partial charge in [0.05, 0.1) is 34.1 Å². The number of rotatable bonds is 7. The van der Waals surface area contributed by atoms with Crippen LogP contribution < -0.4 is 16.4 Å². The van der Waals surface area contributed by atoms with Crippen LogP contribution in [0.25, 0.3) is 16.9 Å². The molecule has 1 fully saturated rings. The number of anilines is 2. The van der Waals surface area contributed by atoms with Crippen LogP contribution in [-0.2, 0) is 17.5 Å². The highest BCUT2D eigenvalue weighted by molar-refractivity contribution is 6.34. The number of likely N-dealkylation sites (tertiary alicyclic amines) is 1. The van der Waals surface area contributed by atoms with Crippen molar-refractivity contribution in [3.05, 3.63) is 59.3 Å². The maximum atomic E-state index is 13.7. The lowest BCUT2D eigenvalue weighted by atomic mass is 10.1. The van der Waals surface area contributed by atoms with Crippen molar-refractivity contribution in [1.82, 2.24) is 34.4 Å². The van der Waals surface area contributed by atoms with E-state index in [1.165, 1.54) is 35.1 Å². The summed E-state index contributed by atoms with van der Waals surface area (Å²) in [7, 11) is 0. The van der Waals surface area contributed by atoms with Crippen LogP contribution in [0.4, 0.5) is 24.7 Å². The smallest absolute Gasteiger partial charge is 0.340 e. The third-order valence-corrected chi connectivity index (χ3v) is 7.01. The fourth-order valence-corrected chi connectivity index (χ4v) is 4.96. The molecule has 0 aliphatic carbocycles. The van der Waals surface area contributed by atoms with Gasteiger partial charge in [0.25, 0.3) is 5.91 Å². The molecule has 0 unspecified atom stereocenters. The Morgan fingerprint density at radius 2 is 2.10 bits per heavy atom. The molecule has 42 heavy (non-hydrogen) atoms. The monoisotopic (exact) mass is 600 g/mol. The molecule has 0 saturated carbocycles. The van der Waals surface area contributed by atoms with Crippen molar-refractivity contribution in [2.45, 2.75) is 38.1 Å². The van der Waals surface area contributed by atoms with Crippen molar-refractivity contribution in [3.63, 3.8) is 0 Å². The SMILES string of the molecule is C[C@@H](NC(=O)c1ccc(Nc2nccn3c(-c4cn(CC#N)nc4C(F)(F)F)cnc23)cc1Cl)C(=O)N1CC[C@H](N)C1. The molecule has 3 aromatic heterocycles. The Kier molecular flexibility index (Phi) is 7.76. The largest absolute Gasteiger partial charge is 0.435 e. The number of hydrogen-bond donors (Lipinski definition) is 3. The van der Waals surface area contributed by atoms with E-state index in [0.717, 1.165) is 10.9 Å². The van der Waals surface area contributed by atoms with Gasteiger partial charge in [-0.05, 0) is 31.5 Å². The number of hydrogen-bond acceptors (Lipinski definition) is 8. The molecular formula is C26H24ClF3N10O2. The molecule has 4 heterocycles. The number of fused-ring (bicyclic) bond motifs is 1. The number of carbonyl (C=O) groups is 2. The molecule has 4 aromatic rings. The number of halogens is 4. The first-order valence-corrected chi connectivity index (χ1v) is 13.1. The number of nitrogens with one attached hydrogen (secondary N) is 2. The molecular weight excluding hydrogens is 577 g/mol. The summed E-state index contributed by atoms with van der Waals surface area (Å²) in [5.41, 5.74) is 5.34. The number of carbonyl (C=O) groups excluding carboxylic acids is 2. The highest BCUT2D eigenvalue weighted by Crippen LogP contribution is 2.37. The summed E-state index contributed by atoms with van der Waals surface area (Å²) in [6.07, 6.45) is 1.17. The number of amides is 2. The normalized spacial score (nSPS) is 15.9. The number of nitriles is 1. The Labute approximate surface area is 241 Å². The molecule has 2 amide bonds. The van der Waals surface area contributed by atoms with Crippen molar-refractivity contribution >= 4 is 40.6 Å². The molecule has 1 aliphatic rings. The summed E-state index contributed by atoms with van der Waals surface area (Å²) in [4.78, 5) is 35.6. The average Bonchev–Trinajstić information content (AvgIpc) is 3.66. The van der Waals surface area contributed by atoms with E-state index in [0.29, 0.717) is 25.2 Å². The molecule has 2 atom stereocenters. The second-order valence-corrected chi connectivity index (χ2v) is 10.1. The van der Waals surface area contributed by atoms with Gasteiger partial charge in [-0.1, -0.05) is 11.6 Å². The first kappa shape index (κ1) is 28.8. The van der Waals surface area contributed by atoms with E-state index in [1.807, 2.05) is 0 Å². The Bertz CT molecular complexity index is 1710. The fraction of sp³-hybridized carbons (Fsp3) is 0.308. The summed E-state index contributed by atoms with van der Waals surface area (Å²) in [6, 6.07) is 5.43. The molecule has 5 rings (SSSR count). The van der Waals surface area contributed by atoms with Crippen LogP contribution >= 0.6 is 11.6 Å². The highest BCUT2D eigenvalue weighted by atomic mass is 35.5. The Balaban J connectivity index is 1.36. The number of aromatic nitrogens is 5. The zero-order chi connectivity index (χ0) is 30.2. The standard InChI is InChI=1S/C26H24ClF3N10O2/c1-14(25(42)38-7-4-15(32)12-38)35-24(41)17-3-2-16(10-19(17)27)36-22-23-34-11-20(40(23)9-6-33-22)18-13-39(8-5-31)37-21(18)26(28,29)30/h2-3,6,9-11,13-15H,4,7-8,12,32H2,1H3,(H,33,36)(H,35,41)/t14-,15+/m1/s1. The van der Waals surface area contributed by atoms with Gasteiger partial charge in [-0.25, -0.2) is 9.97 Å². The van der Waals surface area contributed by atoms with Gasteiger partial charge >= 0.3 is 6.18 Å². The van der Waals surface area contributed by atoms with Gasteiger partial charge in [0, 0.05) is 43.4 Å². The fourth-order valence-electron chi connectivity index (χ4n) is 4.69. The first-order valence-electron chi connectivity index (χ1n) is 12.7. The molecule has 1 saturated heterocycles. The van der Waals surface area contributed by atoms with Crippen molar-refractivity contribution < 1.29 is 22.8 Å². The summed E-state index contributed by atoms with van der Waals surface area (Å²) < 4.78 is 43.4. The van der Waals surface area contributed by atoms with E-state index in [2.05, 4.69) is 25.7 Å². The van der Waals surface area contributed by atoms with Crippen molar-refractivity contribution in [2.75, 3.05) is 18.4 Å². The number of nitrogens with two attached hydrogens (primary N) is 1. The molecule has 12 nitrogen and oxygen atoms in total. The zero-order valence-corrected chi connectivity index (χ0v) is 22.8. The first-order chi connectivity index (χ1) is 20.0.